The number of fused-ring (bicyclic) bond motifs is 1. The van der Waals surface area contributed by atoms with Gasteiger partial charge in [-0.2, -0.15) is 5.10 Å². The SMILES string of the molecule is CC(C)(C)C(O)c1nc(-c2ccccc2)c2cnn(-c3ccccc3)c2n1. The number of benzene rings is 2. The molecule has 2 heterocycles. The lowest BCUT2D eigenvalue weighted by Gasteiger charge is -2.24. The lowest BCUT2D eigenvalue weighted by atomic mass is 9.88. The number of hydrogen-bond donors (Lipinski definition) is 1. The van der Waals surface area contributed by atoms with Crippen LogP contribution < -0.4 is 0 Å². The van der Waals surface area contributed by atoms with Crippen LogP contribution in [0.4, 0.5) is 0 Å². The molecule has 0 fully saturated rings. The van der Waals surface area contributed by atoms with E-state index < -0.39 is 6.10 Å². The fourth-order valence-corrected chi connectivity index (χ4v) is 3.01. The van der Waals surface area contributed by atoms with Gasteiger partial charge in [-0.3, -0.25) is 0 Å². The van der Waals surface area contributed by atoms with Crippen molar-refractivity contribution in [1.29, 1.82) is 0 Å². The number of para-hydroxylation sites is 1. The van der Waals surface area contributed by atoms with Crippen LogP contribution in [0.2, 0.25) is 0 Å². The summed E-state index contributed by atoms with van der Waals surface area (Å²) in [7, 11) is 0. The van der Waals surface area contributed by atoms with E-state index in [0.717, 1.165) is 22.3 Å². The highest BCUT2D eigenvalue weighted by molar-refractivity contribution is 5.91. The summed E-state index contributed by atoms with van der Waals surface area (Å²) in [5, 5.41) is 16.2. The zero-order valence-corrected chi connectivity index (χ0v) is 15.7. The zero-order valence-electron chi connectivity index (χ0n) is 15.7. The van der Waals surface area contributed by atoms with E-state index in [2.05, 4.69) is 5.10 Å². The van der Waals surface area contributed by atoms with E-state index in [9.17, 15) is 5.11 Å². The third kappa shape index (κ3) is 3.22. The number of aromatic nitrogens is 4. The molecule has 0 amide bonds. The Hall–Kier alpha value is -3.05. The molecule has 0 aliphatic heterocycles. The van der Waals surface area contributed by atoms with Crippen LogP contribution in [-0.2, 0) is 0 Å². The summed E-state index contributed by atoms with van der Waals surface area (Å²) in [5.74, 6) is 0.409. The number of aliphatic hydroxyl groups excluding tert-OH is 1. The molecule has 0 saturated carbocycles. The van der Waals surface area contributed by atoms with E-state index in [4.69, 9.17) is 9.97 Å². The summed E-state index contributed by atoms with van der Waals surface area (Å²) in [6.45, 7) is 5.92. The molecule has 5 heteroatoms. The van der Waals surface area contributed by atoms with Crippen LogP contribution in [0.1, 0.15) is 32.7 Å². The minimum Gasteiger partial charge on any atom is -0.385 e. The second-order valence-electron chi connectivity index (χ2n) is 7.69. The Kier molecular flexibility index (Phi) is 4.24. The lowest BCUT2D eigenvalue weighted by molar-refractivity contribution is 0.0552. The largest absolute Gasteiger partial charge is 0.385 e. The van der Waals surface area contributed by atoms with Crippen molar-refractivity contribution in [2.75, 3.05) is 0 Å². The normalized spacial score (nSPS) is 13.0. The van der Waals surface area contributed by atoms with Gasteiger partial charge in [0.1, 0.15) is 6.10 Å². The second kappa shape index (κ2) is 6.59. The third-order valence-electron chi connectivity index (χ3n) is 4.56. The molecule has 2 aromatic carbocycles. The average molecular weight is 358 g/mol. The molecule has 27 heavy (non-hydrogen) atoms. The molecule has 0 radical (unpaired) electrons. The van der Waals surface area contributed by atoms with Crippen LogP contribution in [0.15, 0.2) is 66.9 Å². The Labute approximate surface area is 158 Å². The van der Waals surface area contributed by atoms with Gasteiger partial charge in [-0.1, -0.05) is 69.3 Å². The maximum Gasteiger partial charge on any atom is 0.167 e. The summed E-state index contributed by atoms with van der Waals surface area (Å²) >= 11 is 0. The van der Waals surface area contributed by atoms with E-state index in [-0.39, 0.29) is 5.41 Å². The number of aliphatic hydroxyl groups is 1. The molecule has 0 aliphatic rings. The Morgan fingerprint density at radius 2 is 1.52 bits per heavy atom. The van der Waals surface area contributed by atoms with Crippen LogP contribution in [0, 0.1) is 5.41 Å². The third-order valence-corrected chi connectivity index (χ3v) is 4.56. The van der Waals surface area contributed by atoms with E-state index in [1.165, 1.54) is 0 Å². The van der Waals surface area contributed by atoms with E-state index in [1.54, 1.807) is 10.9 Å². The molecule has 5 nitrogen and oxygen atoms in total. The maximum atomic E-state index is 10.8. The summed E-state index contributed by atoms with van der Waals surface area (Å²) in [5.41, 5.74) is 2.98. The summed E-state index contributed by atoms with van der Waals surface area (Å²) < 4.78 is 1.79. The highest BCUT2D eigenvalue weighted by atomic mass is 16.3. The van der Waals surface area contributed by atoms with E-state index >= 15 is 0 Å². The van der Waals surface area contributed by atoms with Gasteiger partial charge < -0.3 is 5.11 Å². The number of nitrogens with zero attached hydrogens (tertiary/aromatic N) is 4. The predicted octanol–water partition coefficient (Wildman–Crippen LogP) is 4.56. The smallest absolute Gasteiger partial charge is 0.167 e. The molecule has 0 saturated heterocycles. The van der Waals surface area contributed by atoms with Crippen molar-refractivity contribution in [2.24, 2.45) is 5.41 Å². The van der Waals surface area contributed by atoms with Crippen molar-refractivity contribution in [3.63, 3.8) is 0 Å². The van der Waals surface area contributed by atoms with Crippen molar-refractivity contribution >= 4 is 11.0 Å². The van der Waals surface area contributed by atoms with Crippen LogP contribution >= 0.6 is 0 Å². The Bertz CT molecular complexity index is 1070. The van der Waals surface area contributed by atoms with Crippen molar-refractivity contribution < 1.29 is 5.11 Å². The molecular weight excluding hydrogens is 336 g/mol. The highest BCUT2D eigenvalue weighted by Gasteiger charge is 2.28. The zero-order chi connectivity index (χ0) is 19.0. The molecule has 2 aromatic heterocycles. The van der Waals surface area contributed by atoms with Gasteiger partial charge in [-0.25, -0.2) is 14.6 Å². The second-order valence-corrected chi connectivity index (χ2v) is 7.69. The van der Waals surface area contributed by atoms with Crippen molar-refractivity contribution in [3.05, 3.63) is 72.7 Å². The average Bonchev–Trinajstić information content (AvgIpc) is 3.11. The first kappa shape index (κ1) is 17.4. The molecular formula is C22H22N4O. The lowest BCUT2D eigenvalue weighted by Crippen LogP contribution is -2.20. The van der Waals surface area contributed by atoms with Gasteiger partial charge in [0.25, 0.3) is 0 Å². The molecule has 136 valence electrons. The van der Waals surface area contributed by atoms with Gasteiger partial charge in [0, 0.05) is 5.56 Å². The quantitative estimate of drug-likeness (QED) is 0.583. The van der Waals surface area contributed by atoms with Gasteiger partial charge >= 0.3 is 0 Å². The molecule has 1 atom stereocenters. The van der Waals surface area contributed by atoms with Crippen LogP contribution in [0.5, 0.6) is 0 Å². The van der Waals surface area contributed by atoms with Crippen molar-refractivity contribution in [3.8, 4) is 16.9 Å². The van der Waals surface area contributed by atoms with E-state index in [1.807, 2.05) is 81.4 Å². The predicted molar refractivity (Wildman–Crippen MR) is 107 cm³/mol. The Balaban J connectivity index is 2.00. The molecule has 4 aromatic rings. The van der Waals surface area contributed by atoms with Gasteiger partial charge in [0.2, 0.25) is 0 Å². The molecule has 1 N–H and O–H groups in total. The standard InChI is InChI=1S/C22H22N4O/c1-22(2,3)19(27)20-24-18(15-10-6-4-7-11-15)17-14-23-26(21(17)25-20)16-12-8-5-9-13-16/h4-14,19,27H,1-3H3. The van der Waals surface area contributed by atoms with Crippen LogP contribution in [0.25, 0.3) is 28.0 Å². The monoisotopic (exact) mass is 358 g/mol. The first-order valence-corrected chi connectivity index (χ1v) is 9.00. The summed E-state index contributed by atoms with van der Waals surface area (Å²) in [6.07, 6.45) is 1.00. The molecule has 0 bridgehead atoms. The van der Waals surface area contributed by atoms with Gasteiger partial charge in [0.05, 0.1) is 23.0 Å². The summed E-state index contributed by atoms with van der Waals surface area (Å²) in [4.78, 5) is 9.43. The molecule has 1 unspecified atom stereocenters. The van der Waals surface area contributed by atoms with E-state index in [0.29, 0.717) is 11.5 Å². The first-order valence-electron chi connectivity index (χ1n) is 9.00. The van der Waals surface area contributed by atoms with Crippen LogP contribution in [-0.4, -0.2) is 24.9 Å². The van der Waals surface area contributed by atoms with Gasteiger partial charge in [0.15, 0.2) is 11.5 Å². The van der Waals surface area contributed by atoms with Crippen LogP contribution in [0.3, 0.4) is 0 Å². The number of rotatable bonds is 3. The molecule has 0 spiro atoms. The van der Waals surface area contributed by atoms with Crippen molar-refractivity contribution in [2.45, 2.75) is 26.9 Å². The Morgan fingerprint density at radius 1 is 0.889 bits per heavy atom. The first-order chi connectivity index (χ1) is 12.9. The highest BCUT2D eigenvalue weighted by Crippen LogP contribution is 2.34. The minimum atomic E-state index is -0.788. The van der Waals surface area contributed by atoms with Crippen molar-refractivity contribution in [1.82, 2.24) is 19.7 Å². The fourth-order valence-electron chi connectivity index (χ4n) is 3.01. The molecule has 0 aliphatic carbocycles. The topological polar surface area (TPSA) is 63.8 Å². The molecule has 4 rings (SSSR count). The minimum absolute atomic E-state index is 0.376. The summed E-state index contributed by atoms with van der Waals surface area (Å²) in [6, 6.07) is 19.8. The number of hydrogen-bond acceptors (Lipinski definition) is 4. The fraction of sp³-hybridized carbons (Fsp3) is 0.227. The van der Waals surface area contributed by atoms with Gasteiger partial charge in [-0.05, 0) is 17.5 Å². The Morgan fingerprint density at radius 3 is 2.15 bits per heavy atom. The maximum absolute atomic E-state index is 10.8. The van der Waals surface area contributed by atoms with Gasteiger partial charge in [-0.15, -0.1) is 0 Å².